The van der Waals surface area contributed by atoms with Crippen molar-refractivity contribution in [2.75, 3.05) is 33.7 Å². The van der Waals surface area contributed by atoms with Crippen LogP contribution in [0.1, 0.15) is 64.4 Å². The monoisotopic (exact) mass is 440 g/mol. The summed E-state index contributed by atoms with van der Waals surface area (Å²) in [5, 5.41) is 32.0. The number of rotatable bonds is 6. The molecule has 2 saturated carbocycles. The Kier molecular flexibility index (Phi) is 6.19. The van der Waals surface area contributed by atoms with Gasteiger partial charge in [0.1, 0.15) is 0 Å². The minimum atomic E-state index is -0.754. The highest BCUT2D eigenvalue weighted by molar-refractivity contribution is 5.27. The van der Waals surface area contributed by atoms with E-state index < -0.39 is 17.4 Å². The fourth-order valence-corrected chi connectivity index (χ4v) is 6.30. The number of nitrogens with zero attached hydrogens (tertiary/aromatic N) is 4. The fourth-order valence-electron chi connectivity index (χ4n) is 6.30. The van der Waals surface area contributed by atoms with Gasteiger partial charge in [0.2, 0.25) is 0 Å². The van der Waals surface area contributed by atoms with Crippen LogP contribution < -0.4 is 0 Å². The number of nitriles is 1. The van der Waals surface area contributed by atoms with Crippen LogP contribution >= 0.6 is 0 Å². The first-order chi connectivity index (χ1) is 15.0. The van der Waals surface area contributed by atoms with Gasteiger partial charge in [-0.3, -0.25) is 14.7 Å². The molecule has 6 nitrogen and oxygen atoms in total. The SMILES string of the molecule is CN(C)[C@]1(c2ccccc2)CC[C@]2(CC1)CN(CC(C)(C)C#N)C(O)N2CC1(O)CCC1. The maximum Gasteiger partial charge on any atom is 0.166 e. The molecular weight excluding hydrogens is 400 g/mol. The minimum absolute atomic E-state index is 0.0180. The Hall–Kier alpha value is -1.49. The molecule has 2 N–H and O–H groups in total. The molecular formula is C26H40N4O2. The maximum absolute atomic E-state index is 11.4. The summed E-state index contributed by atoms with van der Waals surface area (Å²) in [6, 6.07) is 13.2. The van der Waals surface area contributed by atoms with Crippen LogP contribution in [0.5, 0.6) is 0 Å². The smallest absolute Gasteiger partial charge is 0.166 e. The molecule has 1 atom stereocenters. The number of β-amino-alcohol motifs (C(OH)–C–C–N with tert-alkyl or cyclic N) is 1. The Morgan fingerprint density at radius 1 is 1.09 bits per heavy atom. The molecule has 1 saturated heterocycles. The molecule has 1 spiro atoms. The third-order valence-corrected chi connectivity index (χ3v) is 8.54. The average Bonchev–Trinajstić information content (AvgIpc) is 2.98. The molecule has 3 aliphatic rings. The molecule has 1 aromatic rings. The maximum atomic E-state index is 11.4. The standard InChI is InChI=1S/C26H40N4O2/c1-23(2,17-27)18-29-19-24(30(22(29)31)20-25(32)11-8-12-25)13-15-26(16-14-24,28(3)4)21-9-6-5-7-10-21/h5-7,9-10,22,31-32H,8,11-16,18-20H2,1-4H3/t22?,24-,26+. The van der Waals surface area contributed by atoms with E-state index in [4.69, 9.17) is 0 Å². The summed E-state index contributed by atoms with van der Waals surface area (Å²) in [6.45, 7) is 5.65. The molecule has 32 heavy (non-hydrogen) atoms. The molecule has 176 valence electrons. The number of benzene rings is 1. The third kappa shape index (κ3) is 4.10. The van der Waals surface area contributed by atoms with Crippen molar-refractivity contribution in [3.8, 4) is 6.07 Å². The molecule has 1 unspecified atom stereocenters. The van der Waals surface area contributed by atoms with Crippen molar-refractivity contribution in [2.24, 2.45) is 5.41 Å². The highest BCUT2D eigenvalue weighted by Gasteiger charge is 2.57. The first kappa shape index (κ1) is 23.7. The van der Waals surface area contributed by atoms with E-state index in [9.17, 15) is 15.5 Å². The highest BCUT2D eigenvalue weighted by atomic mass is 16.3. The predicted molar refractivity (Wildman–Crippen MR) is 125 cm³/mol. The first-order valence-electron chi connectivity index (χ1n) is 12.1. The van der Waals surface area contributed by atoms with Gasteiger partial charge in [-0.15, -0.1) is 0 Å². The Balaban J connectivity index is 1.61. The summed E-state index contributed by atoms with van der Waals surface area (Å²) in [5.41, 5.74) is -0.0625. The number of hydrogen-bond acceptors (Lipinski definition) is 6. The second-order valence-electron chi connectivity index (χ2n) is 11.5. The van der Waals surface area contributed by atoms with E-state index in [0.29, 0.717) is 13.1 Å². The lowest BCUT2D eigenvalue weighted by molar-refractivity contribution is -0.145. The second-order valence-corrected chi connectivity index (χ2v) is 11.5. The lowest BCUT2D eigenvalue weighted by Gasteiger charge is -2.53. The van der Waals surface area contributed by atoms with Gasteiger partial charge in [-0.25, -0.2) is 0 Å². The quantitative estimate of drug-likeness (QED) is 0.708. The van der Waals surface area contributed by atoms with E-state index in [1.54, 1.807) is 0 Å². The lowest BCUT2D eigenvalue weighted by atomic mass is 9.67. The van der Waals surface area contributed by atoms with Crippen LogP contribution in [0.2, 0.25) is 0 Å². The fraction of sp³-hybridized carbons (Fsp3) is 0.731. The Morgan fingerprint density at radius 2 is 1.72 bits per heavy atom. The molecule has 2 aliphatic carbocycles. The molecule has 0 bridgehead atoms. The van der Waals surface area contributed by atoms with E-state index in [2.05, 4.69) is 65.2 Å². The van der Waals surface area contributed by atoms with Crippen molar-refractivity contribution in [1.82, 2.24) is 14.7 Å². The van der Waals surface area contributed by atoms with Gasteiger partial charge in [0, 0.05) is 30.7 Å². The molecule has 1 aromatic carbocycles. The van der Waals surface area contributed by atoms with Crippen molar-refractivity contribution in [3.63, 3.8) is 0 Å². The topological polar surface area (TPSA) is 74.0 Å². The van der Waals surface area contributed by atoms with Crippen LogP contribution in [0.4, 0.5) is 0 Å². The largest absolute Gasteiger partial charge is 0.389 e. The summed E-state index contributed by atoms with van der Waals surface area (Å²) in [6.07, 6.45) is 5.82. The van der Waals surface area contributed by atoms with Crippen LogP contribution in [0, 0.1) is 16.7 Å². The summed E-state index contributed by atoms with van der Waals surface area (Å²) in [5.74, 6) is 0. The number of hydrogen-bond donors (Lipinski definition) is 2. The van der Waals surface area contributed by atoms with Gasteiger partial charge in [-0.1, -0.05) is 30.3 Å². The Morgan fingerprint density at radius 3 is 2.22 bits per heavy atom. The zero-order chi connectivity index (χ0) is 23.2. The molecule has 6 heteroatoms. The second kappa shape index (κ2) is 8.38. The average molecular weight is 441 g/mol. The van der Waals surface area contributed by atoms with Crippen molar-refractivity contribution < 1.29 is 10.2 Å². The Labute approximate surface area is 193 Å². The Bertz CT molecular complexity index is 835. The van der Waals surface area contributed by atoms with Gasteiger partial charge in [-0.2, -0.15) is 5.26 Å². The van der Waals surface area contributed by atoms with Gasteiger partial charge in [0.05, 0.1) is 17.1 Å². The zero-order valence-corrected chi connectivity index (χ0v) is 20.2. The van der Waals surface area contributed by atoms with E-state index in [1.807, 2.05) is 13.8 Å². The van der Waals surface area contributed by atoms with E-state index in [0.717, 1.165) is 51.5 Å². The molecule has 1 heterocycles. The van der Waals surface area contributed by atoms with Crippen LogP contribution in [-0.4, -0.2) is 76.1 Å². The third-order valence-electron chi connectivity index (χ3n) is 8.54. The van der Waals surface area contributed by atoms with Gasteiger partial charge >= 0.3 is 0 Å². The summed E-state index contributed by atoms with van der Waals surface area (Å²) in [7, 11) is 4.34. The van der Waals surface area contributed by atoms with Crippen molar-refractivity contribution in [1.29, 1.82) is 5.26 Å². The molecule has 0 amide bonds. The molecule has 0 radical (unpaired) electrons. The van der Waals surface area contributed by atoms with Crippen molar-refractivity contribution in [3.05, 3.63) is 35.9 Å². The minimum Gasteiger partial charge on any atom is -0.389 e. The van der Waals surface area contributed by atoms with Crippen LogP contribution in [-0.2, 0) is 5.54 Å². The van der Waals surface area contributed by atoms with Gasteiger partial charge in [0.15, 0.2) is 6.35 Å². The number of aliphatic hydroxyl groups excluding tert-OH is 1. The highest BCUT2D eigenvalue weighted by Crippen LogP contribution is 2.50. The molecule has 3 fully saturated rings. The van der Waals surface area contributed by atoms with Crippen LogP contribution in [0.3, 0.4) is 0 Å². The van der Waals surface area contributed by atoms with Gasteiger partial charge < -0.3 is 10.2 Å². The molecule has 0 aromatic heterocycles. The van der Waals surface area contributed by atoms with E-state index in [-0.39, 0.29) is 11.1 Å². The van der Waals surface area contributed by atoms with E-state index in [1.165, 1.54) is 5.56 Å². The normalized spacial score (nSPS) is 33.4. The first-order valence-corrected chi connectivity index (χ1v) is 12.1. The van der Waals surface area contributed by atoms with Crippen LogP contribution in [0.25, 0.3) is 0 Å². The summed E-state index contributed by atoms with van der Waals surface area (Å²) in [4.78, 5) is 6.61. The number of aliphatic hydroxyl groups is 2. The van der Waals surface area contributed by atoms with E-state index >= 15 is 0 Å². The predicted octanol–water partition coefficient (Wildman–Crippen LogP) is 3.11. The van der Waals surface area contributed by atoms with Crippen molar-refractivity contribution in [2.45, 2.75) is 81.8 Å². The molecule has 1 aliphatic heterocycles. The van der Waals surface area contributed by atoms with Crippen LogP contribution in [0.15, 0.2) is 30.3 Å². The molecule has 4 rings (SSSR count). The summed E-state index contributed by atoms with van der Waals surface area (Å²) >= 11 is 0. The van der Waals surface area contributed by atoms with Crippen molar-refractivity contribution >= 4 is 0 Å². The van der Waals surface area contributed by atoms with Gasteiger partial charge in [0.25, 0.3) is 0 Å². The van der Waals surface area contributed by atoms with Gasteiger partial charge in [-0.05, 0) is 78.5 Å². The lowest BCUT2D eigenvalue weighted by Crippen LogP contribution is -2.60. The summed E-state index contributed by atoms with van der Waals surface area (Å²) < 4.78 is 0. The zero-order valence-electron chi connectivity index (χ0n) is 20.2.